The third kappa shape index (κ3) is 3.03. The molecule has 0 saturated carbocycles. The predicted octanol–water partition coefficient (Wildman–Crippen LogP) is 1.54. The van der Waals surface area contributed by atoms with Crippen LogP contribution in [0.3, 0.4) is 0 Å². The molecule has 0 aliphatic heterocycles. The Hall–Kier alpha value is -0.210. The van der Waals surface area contributed by atoms with Gasteiger partial charge in [-0.05, 0) is 50.9 Å². The molecule has 0 aromatic carbocycles. The van der Waals surface area contributed by atoms with Crippen molar-refractivity contribution in [1.82, 2.24) is 0 Å². The Morgan fingerprint density at radius 1 is 1.44 bits per heavy atom. The van der Waals surface area contributed by atoms with Crippen molar-refractivity contribution in [2.24, 2.45) is 5.73 Å². The van der Waals surface area contributed by atoms with Crippen LogP contribution in [0.25, 0.3) is 0 Å². The lowest BCUT2D eigenvalue weighted by Gasteiger charge is -2.37. The molecule has 1 rings (SSSR count). The van der Waals surface area contributed by atoms with E-state index in [9.17, 15) is 9.90 Å². The zero-order valence-corrected chi connectivity index (χ0v) is 13.2. The van der Waals surface area contributed by atoms with Gasteiger partial charge in [-0.3, -0.25) is 4.79 Å². The Morgan fingerprint density at radius 3 is 2.28 bits per heavy atom. The van der Waals surface area contributed by atoms with Gasteiger partial charge in [-0.15, -0.1) is 0 Å². The van der Waals surface area contributed by atoms with E-state index in [0.717, 1.165) is 0 Å². The molecule has 1 aliphatic carbocycles. The number of halogens is 2. The van der Waals surface area contributed by atoms with Crippen LogP contribution in [0.1, 0.15) is 13.3 Å². The van der Waals surface area contributed by atoms with E-state index in [-0.39, 0.29) is 6.42 Å². The molecule has 3 N–H and O–H groups in total. The number of ether oxygens (including phenoxy) is 2. The van der Waals surface area contributed by atoms with Crippen molar-refractivity contribution in [2.75, 3.05) is 13.7 Å². The molecule has 0 fully saturated rings. The van der Waals surface area contributed by atoms with Crippen LogP contribution in [-0.2, 0) is 14.3 Å². The van der Waals surface area contributed by atoms with E-state index in [2.05, 4.69) is 31.9 Å². The van der Waals surface area contributed by atoms with Gasteiger partial charge in [0.05, 0.1) is 15.4 Å². The molecule has 102 valence electrons. The first-order valence-corrected chi connectivity index (χ1v) is 6.85. The highest BCUT2D eigenvalue weighted by molar-refractivity contribution is 9.12. The number of hydrogen-bond donors (Lipinski definition) is 2. The summed E-state index contributed by atoms with van der Waals surface area (Å²) in [6.45, 7) is 2.24. The predicted molar refractivity (Wildman–Crippen MR) is 74.1 cm³/mol. The van der Waals surface area contributed by atoms with Crippen LogP contribution in [-0.4, -0.2) is 36.1 Å². The molecule has 5 nitrogen and oxygen atoms in total. The van der Waals surface area contributed by atoms with E-state index in [0.29, 0.717) is 15.6 Å². The third-order valence-corrected chi connectivity index (χ3v) is 3.98. The Labute approximate surface area is 122 Å². The van der Waals surface area contributed by atoms with Gasteiger partial charge < -0.3 is 20.3 Å². The van der Waals surface area contributed by atoms with Gasteiger partial charge in [0.25, 0.3) is 0 Å². The van der Waals surface area contributed by atoms with Crippen LogP contribution in [0.4, 0.5) is 0 Å². The van der Waals surface area contributed by atoms with E-state index < -0.39 is 17.3 Å². The largest absolute Gasteiger partial charge is 0.381 e. The van der Waals surface area contributed by atoms with Crippen LogP contribution in [0.2, 0.25) is 0 Å². The van der Waals surface area contributed by atoms with Crippen molar-refractivity contribution in [2.45, 2.75) is 24.7 Å². The number of aliphatic hydroxyl groups is 1. The van der Waals surface area contributed by atoms with E-state index in [1.807, 2.05) is 6.92 Å². The number of methoxy groups -OCH3 is 1. The molecule has 0 aromatic rings. The van der Waals surface area contributed by atoms with Crippen molar-refractivity contribution in [3.63, 3.8) is 0 Å². The van der Waals surface area contributed by atoms with Crippen LogP contribution in [0.5, 0.6) is 0 Å². The molecule has 0 saturated heterocycles. The summed E-state index contributed by atoms with van der Waals surface area (Å²) in [6.07, 6.45) is 2.67. The summed E-state index contributed by atoms with van der Waals surface area (Å²) in [4.78, 5) is 11.0. The van der Waals surface area contributed by atoms with Crippen molar-refractivity contribution < 1.29 is 19.4 Å². The fourth-order valence-electron chi connectivity index (χ4n) is 1.76. The topological polar surface area (TPSA) is 81.8 Å². The standard InChI is InChI=1S/C11H15Br2NO4/c1-3-18-11(17-2)7(12)4-10(16,5-8(11)13)6-9(14)15/h4-5,16H,3,6H2,1-2H3,(H2,14,15). The van der Waals surface area contributed by atoms with Gasteiger partial charge in [0.15, 0.2) is 0 Å². The van der Waals surface area contributed by atoms with Gasteiger partial charge >= 0.3 is 0 Å². The highest BCUT2D eigenvalue weighted by atomic mass is 79.9. The highest BCUT2D eigenvalue weighted by Crippen LogP contribution is 2.44. The maximum absolute atomic E-state index is 11.0. The van der Waals surface area contributed by atoms with Crippen LogP contribution < -0.4 is 5.73 Å². The first kappa shape index (κ1) is 15.8. The summed E-state index contributed by atoms with van der Waals surface area (Å²) in [7, 11) is 1.48. The highest BCUT2D eigenvalue weighted by Gasteiger charge is 2.44. The van der Waals surface area contributed by atoms with E-state index in [4.69, 9.17) is 15.2 Å². The Morgan fingerprint density at radius 2 is 1.94 bits per heavy atom. The second-order valence-corrected chi connectivity index (χ2v) is 5.58. The van der Waals surface area contributed by atoms with Crippen LogP contribution in [0, 0.1) is 0 Å². The van der Waals surface area contributed by atoms with Gasteiger partial charge in [0, 0.05) is 13.7 Å². The first-order chi connectivity index (χ1) is 8.29. The lowest BCUT2D eigenvalue weighted by molar-refractivity contribution is -0.157. The molecule has 0 aromatic heterocycles. The average Bonchev–Trinajstić information content (AvgIpc) is 2.21. The molecule has 0 radical (unpaired) electrons. The minimum atomic E-state index is -1.46. The zero-order valence-electron chi connectivity index (χ0n) is 10.1. The minimum absolute atomic E-state index is 0.219. The van der Waals surface area contributed by atoms with Crippen molar-refractivity contribution in [1.29, 1.82) is 0 Å². The lowest BCUT2D eigenvalue weighted by Crippen LogP contribution is -2.43. The number of rotatable bonds is 5. The molecule has 18 heavy (non-hydrogen) atoms. The van der Waals surface area contributed by atoms with Gasteiger partial charge in [0.1, 0.15) is 5.60 Å². The number of nitrogens with two attached hydrogens (primary N) is 1. The molecule has 7 heteroatoms. The molecule has 0 spiro atoms. The second kappa shape index (κ2) is 5.83. The van der Waals surface area contributed by atoms with E-state index in [1.54, 1.807) is 0 Å². The van der Waals surface area contributed by atoms with Crippen LogP contribution in [0.15, 0.2) is 21.1 Å². The maximum atomic E-state index is 11.0. The third-order valence-electron chi connectivity index (χ3n) is 2.47. The van der Waals surface area contributed by atoms with E-state index >= 15 is 0 Å². The number of carbonyl (C=O) groups is 1. The molecule has 0 atom stereocenters. The quantitative estimate of drug-likeness (QED) is 0.704. The summed E-state index contributed by atoms with van der Waals surface area (Å²) in [5.74, 6) is -1.73. The maximum Gasteiger partial charge on any atom is 0.235 e. The first-order valence-electron chi connectivity index (χ1n) is 5.27. The lowest BCUT2D eigenvalue weighted by atomic mass is 9.91. The minimum Gasteiger partial charge on any atom is -0.381 e. The van der Waals surface area contributed by atoms with Gasteiger partial charge in [-0.1, -0.05) is 0 Å². The SMILES string of the molecule is CCOC1(OC)C(Br)=CC(O)(CC(N)=O)C=C1Br. The summed E-state index contributed by atoms with van der Waals surface area (Å²) in [5.41, 5.74) is 3.65. The van der Waals surface area contributed by atoms with Gasteiger partial charge in [0.2, 0.25) is 11.7 Å². The van der Waals surface area contributed by atoms with E-state index in [1.165, 1.54) is 19.3 Å². The normalized spacial score (nSPS) is 31.8. The van der Waals surface area contributed by atoms with Crippen molar-refractivity contribution in [3.8, 4) is 0 Å². The molecule has 0 unspecified atom stereocenters. The Kier molecular flexibility index (Phi) is 5.13. The van der Waals surface area contributed by atoms with Gasteiger partial charge in [-0.2, -0.15) is 0 Å². The fraction of sp³-hybridized carbons (Fsp3) is 0.545. The molecular formula is C11H15Br2NO4. The summed E-state index contributed by atoms with van der Waals surface area (Å²) in [6, 6.07) is 0. The molecule has 1 aliphatic rings. The smallest absolute Gasteiger partial charge is 0.235 e. The number of carbonyl (C=O) groups excluding carboxylic acids is 1. The summed E-state index contributed by atoms with van der Waals surface area (Å²) >= 11 is 6.61. The molecule has 0 heterocycles. The Balaban J connectivity index is 3.16. The van der Waals surface area contributed by atoms with Crippen LogP contribution >= 0.6 is 31.9 Å². The number of amides is 1. The second-order valence-electron chi connectivity index (χ2n) is 3.87. The monoisotopic (exact) mass is 383 g/mol. The average molecular weight is 385 g/mol. The summed E-state index contributed by atoms with van der Waals surface area (Å²) < 4.78 is 11.9. The van der Waals surface area contributed by atoms with Crippen molar-refractivity contribution in [3.05, 3.63) is 21.1 Å². The van der Waals surface area contributed by atoms with Crippen molar-refractivity contribution >= 4 is 37.8 Å². The molecule has 0 bridgehead atoms. The number of primary amides is 1. The number of hydrogen-bond acceptors (Lipinski definition) is 4. The van der Waals surface area contributed by atoms with Gasteiger partial charge in [-0.25, -0.2) is 0 Å². The Bertz CT molecular complexity index is 386. The summed E-state index contributed by atoms with van der Waals surface area (Å²) in [5, 5.41) is 10.3. The molecule has 1 amide bonds. The zero-order chi connectivity index (χ0) is 14.0. The molecular weight excluding hydrogens is 370 g/mol. The fourth-order valence-corrected chi connectivity index (χ4v) is 3.80.